The number of carbonyl (C=O) groups is 1. The molecule has 3 aromatic rings. The summed E-state index contributed by atoms with van der Waals surface area (Å²) >= 11 is 0. The molecule has 0 radical (unpaired) electrons. The van der Waals surface area contributed by atoms with Gasteiger partial charge in [-0.3, -0.25) is 19.2 Å². The predicted octanol–water partition coefficient (Wildman–Crippen LogP) is 1.31. The Balaban J connectivity index is 1.44. The molecular formula is C19H21N5O3. The summed E-state index contributed by atoms with van der Waals surface area (Å²) in [6.07, 6.45) is 1.84. The summed E-state index contributed by atoms with van der Waals surface area (Å²) in [5.74, 6) is 0.113. The van der Waals surface area contributed by atoms with Crippen LogP contribution >= 0.6 is 0 Å². The fourth-order valence-corrected chi connectivity index (χ4v) is 3.20. The molecule has 1 aliphatic rings. The van der Waals surface area contributed by atoms with Crippen LogP contribution in [0.4, 0.5) is 5.82 Å². The van der Waals surface area contributed by atoms with Crippen molar-refractivity contribution in [2.24, 2.45) is 0 Å². The maximum absolute atomic E-state index is 12.7. The number of fused-ring (bicyclic) bond motifs is 1. The van der Waals surface area contributed by atoms with Gasteiger partial charge in [0.1, 0.15) is 0 Å². The molecule has 2 aromatic heterocycles. The monoisotopic (exact) mass is 367 g/mol. The number of pyridine rings is 1. The summed E-state index contributed by atoms with van der Waals surface area (Å²) in [5, 5.41) is 7.88. The Morgan fingerprint density at radius 1 is 1.19 bits per heavy atom. The van der Waals surface area contributed by atoms with Crippen LogP contribution < -0.4 is 10.9 Å². The van der Waals surface area contributed by atoms with Crippen LogP contribution in [0, 0.1) is 0 Å². The van der Waals surface area contributed by atoms with Crippen LogP contribution in [0.1, 0.15) is 10.4 Å². The number of ether oxygens (including phenoxy) is 1. The highest BCUT2D eigenvalue weighted by atomic mass is 16.5. The van der Waals surface area contributed by atoms with Gasteiger partial charge in [0.2, 0.25) is 5.56 Å². The molecule has 3 heterocycles. The molecule has 1 amide bonds. The van der Waals surface area contributed by atoms with E-state index < -0.39 is 0 Å². The standard InChI is InChI=1S/C19H21N5O3/c25-18-13-15(14-3-1-2-4-16(14)20-18)19(26)21-17-5-6-24(22-17)8-7-23-9-11-27-12-10-23/h1-6,13H,7-12H2,(H,20,25)(H,21,22,26). The number of morpholine rings is 1. The van der Waals surface area contributed by atoms with Gasteiger partial charge >= 0.3 is 0 Å². The normalized spacial score (nSPS) is 15.1. The summed E-state index contributed by atoms with van der Waals surface area (Å²) in [7, 11) is 0. The van der Waals surface area contributed by atoms with Crippen molar-refractivity contribution in [1.82, 2.24) is 19.7 Å². The van der Waals surface area contributed by atoms with Crippen LogP contribution in [0.2, 0.25) is 0 Å². The minimum Gasteiger partial charge on any atom is -0.379 e. The van der Waals surface area contributed by atoms with Crippen molar-refractivity contribution in [1.29, 1.82) is 0 Å². The largest absolute Gasteiger partial charge is 0.379 e. The molecule has 0 saturated carbocycles. The molecule has 8 heteroatoms. The number of para-hydroxylation sites is 1. The maximum Gasteiger partial charge on any atom is 0.257 e. The molecule has 140 valence electrons. The zero-order valence-electron chi connectivity index (χ0n) is 14.9. The van der Waals surface area contributed by atoms with Gasteiger partial charge in [-0.05, 0) is 6.07 Å². The van der Waals surface area contributed by atoms with Crippen LogP contribution in [0.25, 0.3) is 10.9 Å². The summed E-state index contributed by atoms with van der Waals surface area (Å²) in [4.78, 5) is 29.5. The minimum atomic E-state index is -0.351. The first-order valence-corrected chi connectivity index (χ1v) is 8.96. The van der Waals surface area contributed by atoms with Crippen molar-refractivity contribution in [3.05, 3.63) is 58.5 Å². The molecule has 0 atom stereocenters. The maximum atomic E-state index is 12.7. The van der Waals surface area contributed by atoms with E-state index in [9.17, 15) is 9.59 Å². The molecule has 4 rings (SSSR count). The SMILES string of the molecule is O=C(Nc1ccn(CCN2CCOCC2)n1)c1cc(=O)[nH]c2ccccc12. The number of nitrogens with one attached hydrogen (secondary N) is 2. The van der Waals surface area contributed by atoms with Gasteiger partial charge in [0.25, 0.3) is 5.91 Å². The third kappa shape index (κ3) is 4.07. The van der Waals surface area contributed by atoms with Crippen molar-refractivity contribution in [2.45, 2.75) is 6.54 Å². The number of aromatic amines is 1. The van der Waals surface area contributed by atoms with E-state index in [0.717, 1.165) is 39.4 Å². The van der Waals surface area contributed by atoms with Crippen LogP contribution in [0.5, 0.6) is 0 Å². The molecule has 27 heavy (non-hydrogen) atoms. The number of hydrogen-bond donors (Lipinski definition) is 2. The Morgan fingerprint density at radius 3 is 2.85 bits per heavy atom. The van der Waals surface area contributed by atoms with E-state index in [0.29, 0.717) is 22.3 Å². The van der Waals surface area contributed by atoms with Gasteiger partial charge in [-0.1, -0.05) is 18.2 Å². The number of aromatic nitrogens is 3. The number of amides is 1. The third-order valence-corrected chi connectivity index (χ3v) is 4.63. The van der Waals surface area contributed by atoms with Crippen LogP contribution in [0.15, 0.2) is 47.4 Å². The summed E-state index contributed by atoms with van der Waals surface area (Å²) in [6, 6.07) is 10.3. The van der Waals surface area contributed by atoms with Crippen molar-refractivity contribution < 1.29 is 9.53 Å². The smallest absolute Gasteiger partial charge is 0.257 e. The Hall–Kier alpha value is -2.97. The number of anilines is 1. The first-order chi connectivity index (χ1) is 13.2. The van der Waals surface area contributed by atoms with Crippen LogP contribution in [-0.4, -0.2) is 58.4 Å². The molecule has 1 aliphatic heterocycles. The highest BCUT2D eigenvalue weighted by Gasteiger charge is 2.14. The topological polar surface area (TPSA) is 92.2 Å². The average molecular weight is 367 g/mol. The molecule has 0 bridgehead atoms. The summed E-state index contributed by atoms with van der Waals surface area (Å²) < 4.78 is 7.15. The zero-order valence-corrected chi connectivity index (χ0v) is 14.9. The molecule has 0 unspecified atom stereocenters. The first kappa shape index (κ1) is 17.4. The van der Waals surface area contributed by atoms with E-state index >= 15 is 0 Å². The number of carbonyl (C=O) groups excluding carboxylic acids is 1. The lowest BCUT2D eigenvalue weighted by Gasteiger charge is -2.26. The Kier molecular flexibility index (Phi) is 4.99. The van der Waals surface area contributed by atoms with Crippen LogP contribution in [0.3, 0.4) is 0 Å². The lowest BCUT2D eigenvalue weighted by molar-refractivity contribution is 0.0360. The second kappa shape index (κ2) is 7.73. The van der Waals surface area contributed by atoms with Crippen LogP contribution in [-0.2, 0) is 11.3 Å². The molecule has 1 saturated heterocycles. The number of rotatable bonds is 5. The van der Waals surface area contributed by atoms with Crippen molar-refractivity contribution in [2.75, 3.05) is 38.2 Å². The molecule has 2 N–H and O–H groups in total. The van der Waals surface area contributed by atoms with E-state index in [4.69, 9.17) is 4.74 Å². The first-order valence-electron chi connectivity index (χ1n) is 8.96. The molecule has 1 fully saturated rings. The second-order valence-electron chi connectivity index (χ2n) is 6.47. The predicted molar refractivity (Wildman–Crippen MR) is 102 cm³/mol. The Morgan fingerprint density at radius 2 is 2.00 bits per heavy atom. The van der Waals surface area contributed by atoms with Gasteiger partial charge in [0.15, 0.2) is 5.82 Å². The zero-order chi connectivity index (χ0) is 18.6. The molecular weight excluding hydrogens is 346 g/mol. The Bertz CT molecular complexity index is 1000. The van der Waals surface area contributed by atoms with Gasteiger partial charge in [0, 0.05) is 48.9 Å². The van der Waals surface area contributed by atoms with E-state index in [1.807, 2.05) is 18.3 Å². The second-order valence-corrected chi connectivity index (χ2v) is 6.47. The number of H-pyrrole nitrogens is 1. The van der Waals surface area contributed by atoms with Crippen molar-refractivity contribution >= 4 is 22.6 Å². The van der Waals surface area contributed by atoms with E-state index in [-0.39, 0.29) is 11.5 Å². The summed E-state index contributed by atoms with van der Waals surface area (Å²) in [5.41, 5.74) is 0.651. The number of benzene rings is 1. The number of nitrogens with zero attached hydrogens (tertiary/aromatic N) is 3. The third-order valence-electron chi connectivity index (χ3n) is 4.63. The quantitative estimate of drug-likeness (QED) is 0.709. The van der Waals surface area contributed by atoms with Gasteiger partial charge in [0.05, 0.1) is 25.3 Å². The Labute approximate surface area is 155 Å². The number of hydrogen-bond acceptors (Lipinski definition) is 5. The van der Waals surface area contributed by atoms with E-state index in [2.05, 4.69) is 20.3 Å². The molecule has 0 aliphatic carbocycles. The van der Waals surface area contributed by atoms with Crippen molar-refractivity contribution in [3.63, 3.8) is 0 Å². The van der Waals surface area contributed by atoms with Gasteiger partial charge < -0.3 is 15.0 Å². The highest BCUT2D eigenvalue weighted by molar-refractivity contribution is 6.11. The fourth-order valence-electron chi connectivity index (χ4n) is 3.20. The lowest BCUT2D eigenvalue weighted by Crippen LogP contribution is -2.38. The van der Waals surface area contributed by atoms with Gasteiger partial charge in [-0.25, -0.2) is 0 Å². The minimum absolute atomic E-state index is 0.310. The molecule has 1 aromatic carbocycles. The van der Waals surface area contributed by atoms with E-state index in [1.165, 1.54) is 6.07 Å². The lowest BCUT2D eigenvalue weighted by atomic mass is 10.1. The highest BCUT2D eigenvalue weighted by Crippen LogP contribution is 2.16. The van der Waals surface area contributed by atoms with Gasteiger partial charge in [-0.15, -0.1) is 0 Å². The summed E-state index contributed by atoms with van der Waals surface area (Å²) in [6.45, 7) is 5.02. The fraction of sp³-hybridized carbons (Fsp3) is 0.316. The molecule has 0 spiro atoms. The molecule has 8 nitrogen and oxygen atoms in total. The van der Waals surface area contributed by atoms with E-state index in [1.54, 1.807) is 22.9 Å². The van der Waals surface area contributed by atoms with Gasteiger partial charge in [-0.2, -0.15) is 5.10 Å². The average Bonchev–Trinajstić information content (AvgIpc) is 3.13. The van der Waals surface area contributed by atoms with Crippen molar-refractivity contribution in [3.8, 4) is 0 Å².